The molecule has 0 aliphatic carbocycles. The summed E-state index contributed by atoms with van der Waals surface area (Å²) in [5.41, 5.74) is 0.550. The zero-order valence-electron chi connectivity index (χ0n) is 17.2. The van der Waals surface area contributed by atoms with Gasteiger partial charge in [0.1, 0.15) is 5.60 Å². The van der Waals surface area contributed by atoms with Crippen LogP contribution in [-0.4, -0.2) is 66.1 Å². The Bertz CT molecular complexity index is 787. The van der Waals surface area contributed by atoms with Gasteiger partial charge in [0.2, 0.25) is 11.8 Å². The molecular formula is C20H27N3O6. The van der Waals surface area contributed by atoms with Crippen LogP contribution in [0, 0.1) is 0 Å². The quantitative estimate of drug-likeness (QED) is 0.545. The van der Waals surface area contributed by atoms with Crippen molar-refractivity contribution in [3.8, 4) is 0 Å². The highest BCUT2D eigenvalue weighted by molar-refractivity contribution is 6.09. The highest BCUT2D eigenvalue weighted by atomic mass is 16.7. The van der Waals surface area contributed by atoms with Crippen LogP contribution in [0.25, 0.3) is 0 Å². The van der Waals surface area contributed by atoms with E-state index in [2.05, 4.69) is 5.32 Å². The Balaban J connectivity index is 1.84. The predicted molar refractivity (Wildman–Crippen MR) is 104 cm³/mol. The second-order valence-corrected chi connectivity index (χ2v) is 7.54. The summed E-state index contributed by atoms with van der Waals surface area (Å²) in [5, 5.41) is 3.61. The minimum atomic E-state index is -0.618. The van der Waals surface area contributed by atoms with Crippen molar-refractivity contribution in [2.45, 2.75) is 39.2 Å². The van der Waals surface area contributed by atoms with Crippen LogP contribution in [0.1, 0.15) is 43.1 Å². The number of benzene rings is 1. The molecule has 0 unspecified atom stereocenters. The number of alkyl carbamates (subject to hydrolysis) is 1. The number of hydroxylamine groups is 2. The lowest BCUT2D eigenvalue weighted by molar-refractivity contribution is -0.175. The number of hydrogen-bond acceptors (Lipinski definition) is 6. The molecule has 0 fully saturated rings. The normalized spacial score (nSPS) is 13.7. The highest BCUT2D eigenvalue weighted by Crippen LogP contribution is 2.19. The average Bonchev–Trinajstić information content (AvgIpc) is 2.63. The molecule has 0 bridgehead atoms. The summed E-state index contributed by atoms with van der Waals surface area (Å²) in [6.07, 6.45) is -0.548. The number of carbonyl (C=O) groups is 4. The van der Waals surface area contributed by atoms with Gasteiger partial charge in [-0.05, 0) is 32.4 Å². The second-order valence-electron chi connectivity index (χ2n) is 7.54. The minimum Gasteiger partial charge on any atom is -0.444 e. The van der Waals surface area contributed by atoms with Gasteiger partial charge in [-0.3, -0.25) is 24.1 Å². The number of nitrogens with one attached hydrogen (secondary N) is 1. The van der Waals surface area contributed by atoms with Gasteiger partial charge in [-0.2, -0.15) is 0 Å². The largest absolute Gasteiger partial charge is 0.444 e. The fourth-order valence-electron chi connectivity index (χ4n) is 2.85. The predicted octanol–water partition coefficient (Wildman–Crippen LogP) is 1.52. The van der Waals surface area contributed by atoms with E-state index in [-0.39, 0.29) is 38.4 Å². The zero-order valence-corrected chi connectivity index (χ0v) is 17.2. The van der Waals surface area contributed by atoms with Crippen molar-refractivity contribution in [3.05, 3.63) is 35.4 Å². The van der Waals surface area contributed by atoms with E-state index in [1.54, 1.807) is 45.0 Å². The van der Waals surface area contributed by atoms with Crippen LogP contribution in [0.4, 0.5) is 4.79 Å². The van der Waals surface area contributed by atoms with E-state index in [1.165, 1.54) is 7.11 Å². The summed E-state index contributed by atoms with van der Waals surface area (Å²) < 4.78 is 5.12. The standard InChI is InChI=1S/C20H27N3O6/c1-20(2,3)29-19(27)21-10-12-23(28-4)16(24)9-11-22-17(25)13-14-7-5-6-8-15(14)18(22)26/h5-8H,9-13H2,1-4H3,(H,21,27). The monoisotopic (exact) mass is 405 g/mol. The van der Waals surface area contributed by atoms with Gasteiger partial charge in [-0.1, -0.05) is 18.2 Å². The summed E-state index contributed by atoms with van der Waals surface area (Å²) in [5.74, 6) is -1.14. The maximum absolute atomic E-state index is 12.5. The number of hydrogen-bond donors (Lipinski definition) is 1. The molecule has 1 N–H and O–H groups in total. The van der Waals surface area contributed by atoms with E-state index >= 15 is 0 Å². The Kier molecular flexibility index (Phi) is 7.33. The number of amides is 4. The third-order valence-electron chi connectivity index (χ3n) is 4.17. The SMILES string of the molecule is CON(CCNC(=O)OC(C)(C)C)C(=O)CCN1C(=O)Cc2ccccc2C1=O. The molecule has 0 radical (unpaired) electrons. The van der Waals surface area contributed by atoms with E-state index in [4.69, 9.17) is 9.57 Å². The number of rotatable bonds is 7. The average molecular weight is 405 g/mol. The Morgan fingerprint density at radius 3 is 2.55 bits per heavy atom. The third kappa shape index (κ3) is 6.28. The van der Waals surface area contributed by atoms with Gasteiger partial charge >= 0.3 is 6.09 Å². The molecule has 0 saturated carbocycles. The molecule has 1 aliphatic rings. The Labute approximate surface area is 169 Å². The van der Waals surface area contributed by atoms with Gasteiger partial charge in [-0.15, -0.1) is 0 Å². The lowest BCUT2D eigenvalue weighted by atomic mass is 9.98. The van der Waals surface area contributed by atoms with Crippen molar-refractivity contribution in [1.82, 2.24) is 15.3 Å². The van der Waals surface area contributed by atoms with Crippen LogP contribution in [0.15, 0.2) is 24.3 Å². The first-order valence-corrected chi connectivity index (χ1v) is 9.36. The lowest BCUT2D eigenvalue weighted by Gasteiger charge is -2.27. The zero-order chi connectivity index (χ0) is 21.6. The number of fused-ring (bicyclic) bond motifs is 1. The summed E-state index contributed by atoms with van der Waals surface area (Å²) in [6, 6.07) is 6.93. The molecule has 1 aliphatic heterocycles. The van der Waals surface area contributed by atoms with E-state index < -0.39 is 23.5 Å². The molecule has 0 aromatic heterocycles. The number of carbonyl (C=O) groups excluding carboxylic acids is 4. The minimum absolute atomic E-state index is 0.0375. The van der Waals surface area contributed by atoms with Gasteiger partial charge < -0.3 is 10.1 Å². The van der Waals surface area contributed by atoms with Gasteiger partial charge in [0.25, 0.3) is 5.91 Å². The Morgan fingerprint density at radius 1 is 1.21 bits per heavy atom. The smallest absolute Gasteiger partial charge is 0.407 e. The number of ether oxygens (including phenoxy) is 1. The van der Waals surface area contributed by atoms with Gasteiger partial charge in [0.15, 0.2) is 0 Å². The van der Waals surface area contributed by atoms with Crippen LogP contribution >= 0.6 is 0 Å². The van der Waals surface area contributed by atoms with E-state index in [0.29, 0.717) is 11.1 Å². The molecule has 4 amide bonds. The summed E-state index contributed by atoms with van der Waals surface area (Å²) in [4.78, 5) is 55.0. The molecule has 1 aromatic carbocycles. The second kappa shape index (κ2) is 9.51. The number of imide groups is 1. The molecule has 9 heteroatoms. The summed E-state index contributed by atoms with van der Waals surface area (Å²) in [6.45, 7) is 5.43. The topological polar surface area (TPSA) is 105 Å². The molecular weight excluding hydrogens is 378 g/mol. The maximum Gasteiger partial charge on any atom is 0.407 e. The van der Waals surface area contributed by atoms with E-state index in [1.807, 2.05) is 0 Å². The molecule has 0 spiro atoms. The van der Waals surface area contributed by atoms with Crippen molar-refractivity contribution < 1.29 is 28.8 Å². The Hall–Kier alpha value is -2.94. The third-order valence-corrected chi connectivity index (χ3v) is 4.17. The number of nitrogens with zero attached hydrogens (tertiary/aromatic N) is 2. The molecule has 0 saturated heterocycles. The lowest BCUT2D eigenvalue weighted by Crippen LogP contribution is -2.45. The fraction of sp³-hybridized carbons (Fsp3) is 0.500. The maximum atomic E-state index is 12.5. The van der Waals surface area contributed by atoms with Gasteiger partial charge in [-0.25, -0.2) is 9.86 Å². The van der Waals surface area contributed by atoms with Crippen LogP contribution in [-0.2, 0) is 25.6 Å². The Morgan fingerprint density at radius 2 is 1.90 bits per heavy atom. The van der Waals surface area contributed by atoms with E-state index in [9.17, 15) is 19.2 Å². The fourth-order valence-corrected chi connectivity index (χ4v) is 2.85. The first kappa shape index (κ1) is 22.4. The van der Waals surface area contributed by atoms with Gasteiger partial charge in [0.05, 0.1) is 20.1 Å². The van der Waals surface area contributed by atoms with Crippen LogP contribution < -0.4 is 5.32 Å². The molecule has 1 heterocycles. The highest BCUT2D eigenvalue weighted by Gasteiger charge is 2.31. The molecule has 158 valence electrons. The molecule has 9 nitrogen and oxygen atoms in total. The molecule has 29 heavy (non-hydrogen) atoms. The van der Waals surface area contributed by atoms with E-state index in [0.717, 1.165) is 9.96 Å². The van der Waals surface area contributed by atoms with Crippen LogP contribution in [0.5, 0.6) is 0 Å². The van der Waals surface area contributed by atoms with Crippen LogP contribution in [0.3, 0.4) is 0 Å². The van der Waals surface area contributed by atoms with Crippen molar-refractivity contribution >= 4 is 23.8 Å². The first-order chi connectivity index (χ1) is 13.6. The van der Waals surface area contributed by atoms with Crippen molar-refractivity contribution in [2.75, 3.05) is 26.7 Å². The van der Waals surface area contributed by atoms with Crippen molar-refractivity contribution in [1.29, 1.82) is 0 Å². The van der Waals surface area contributed by atoms with Crippen molar-refractivity contribution in [2.24, 2.45) is 0 Å². The molecule has 0 atom stereocenters. The summed E-state index contributed by atoms with van der Waals surface area (Å²) in [7, 11) is 1.33. The van der Waals surface area contributed by atoms with Gasteiger partial charge in [0, 0.05) is 25.1 Å². The van der Waals surface area contributed by atoms with Crippen molar-refractivity contribution in [3.63, 3.8) is 0 Å². The molecule has 2 rings (SSSR count). The van der Waals surface area contributed by atoms with Crippen LogP contribution in [0.2, 0.25) is 0 Å². The molecule has 1 aromatic rings. The first-order valence-electron chi connectivity index (χ1n) is 9.36. The summed E-state index contributed by atoms with van der Waals surface area (Å²) >= 11 is 0.